The first-order valence-electron chi connectivity index (χ1n) is 9.75. The van der Waals surface area contributed by atoms with Gasteiger partial charge in [-0.3, -0.25) is 14.8 Å². The van der Waals surface area contributed by atoms with Crippen LogP contribution < -0.4 is 10.1 Å². The third kappa shape index (κ3) is 4.09. The Kier molecular flexibility index (Phi) is 5.60. The molecule has 0 unspecified atom stereocenters. The number of carbonyl (C=O) groups excluding carboxylic acids is 1. The Morgan fingerprint density at radius 1 is 1.23 bits per heavy atom. The van der Waals surface area contributed by atoms with E-state index in [1.807, 2.05) is 51.4 Å². The van der Waals surface area contributed by atoms with Crippen molar-refractivity contribution in [1.29, 1.82) is 0 Å². The van der Waals surface area contributed by atoms with Gasteiger partial charge in [0.05, 0.1) is 17.5 Å². The summed E-state index contributed by atoms with van der Waals surface area (Å²) in [6.45, 7) is 7.89. The largest absolute Gasteiger partial charge is 0.488 e. The second-order valence-electron chi connectivity index (χ2n) is 7.33. The fourth-order valence-electron chi connectivity index (χ4n) is 3.27. The van der Waals surface area contributed by atoms with E-state index in [1.54, 1.807) is 17.8 Å². The van der Waals surface area contributed by atoms with Crippen molar-refractivity contribution in [3.05, 3.63) is 63.6 Å². The average molecular weight is 438 g/mol. The second kappa shape index (κ2) is 8.35. The lowest BCUT2D eigenvalue weighted by Gasteiger charge is -2.11. The molecule has 0 saturated heterocycles. The summed E-state index contributed by atoms with van der Waals surface area (Å²) in [5, 5.41) is 13.4. The molecule has 3 aromatic heterocycles. The smallest absolute Gasteiger partial charge is 0.280 e. The van der Waals surface area contributed by atoms with E-state index < -0.39 is 0 Å². The van der Waals surface area contributed by atoms with Crippen LogP contribution in [0.3, 0.4) is 0 Å². The summed E-state index contributed by atoms with van der Waals surface area (Å²) in [7, 11) is 1.88. The van der Waals surface area contributed by atoms with Crippen molar-refractivity contribution >= 4 is 22.4 Å². The molecule has 1 amide bonds. The second-order valence-corrected chi connectivity index (χ2v) is 8.19. The molecule has 4 aromatic rings. The van der Waals surface area contributed by atoms with Gasteiger partial charge in [0.1, 0.15) is 18.1 Å². The molecule has 0 bridgehead atoms. The molecule has 0 saturated carbocycles. The molecule has 0 radical (unpaired) electrons. The zero-order valence-electron chi connectivity index (χ0n) is 18.0. The number of aryl methyl sites for hydroxylation is 4. The summed E-state index contributed by atoms with van der Waals surface area (Å²) in [5.74, 6) is 0.953. The Labute approximate surface area is 183 Å². The maximum atomic E-state index is 12.9. The van der Waals surface area contributed by atoms with Crippen molar-refractivity contribution in [2.24, 2.45) is 7.05 Å². The minimum atomic E-state index is -0.388. The van der Waals surface area contributed by atoms with E-state index in [0.717, 1.165) is 33.8 Å². The van der Waals surface area contributed by atoms with Crippen LogP contribution >= 0.6 is 11.3 Å². The highest BCUT2D eigenvalue weighted by molar-refractivity contribution is 7.14. The summed E-state index contributed by atoms with van der Waals surface area (Å²) in [4.78, 5) is 17.4. The molecule has 0 aliphatic carbocycles. The van der Waals surface area contributed by atoms with Crippen molar-refractivity contribution < 1.29 is 14.1 Å². The van der Waals surface area contributed by atoms with Gasteiger partial charge in [-0.05, 0) is 38.8 Å². The monoisotopic (exact) mass is 437 g/mol. The number of hydrogen-bond donors (Lipinski definition) is 1. The van der Waals surface area contributed by atoms with Gasteiger partial charge in [-0.15, -0.1) is 11.3 Å². The highest BCUT2D eigenvalue weighted by atomic mass is 32.1. The van der Waals surface area contributed by atoms with Crippen molar-refractivity contribution in [2.75, 3.05) is 5.32 Å². The number of para-hydroxylation sites is 1. The number of carbonyl (C=O) groups is 1. The Morgan fingerprint density at radius 3 is 2.65 bits per heavy atom. The van der Waals surface area contributed by atoms with Crippen LogP contribution in [0, 0.1) is 27.7 Å². The summed E-state index contributed by atoms with van der Waals surface area (Å²) in [6, 6.07) is 5.96. The van der Waals surface area contributed by atoms with Crippen molar-refractivity contribution in [3.63, 3.8) is 0 Å². The first kappa shape index (κ1) is 20.8. The summed E-state index contributed by atoms with van der Waals surface area (Å²) in [6.07, 6.45) is 1.76. The van der Waals surface area contributed by atoms with E-state index in [4.69, 9.17) is 9.26 Å². The minimum Gasteiger partial charge on any atom is -0.488 e. The molecule has 1 N–H and O–H groups in total. The van der Waals surface area contributed by atoms with Gasteiger partial charge in [0.15, 0.2) is 10.8 Å². The molecule has 0 fully saturated rings. The predicted molar refractivity (Wildman–Crippen MR) is 118 cm³/mol. The third-order valence-corrected chi connectivity index (χ3v) is 5.96. The Bertz CT molecular complexity index is 1230. The lowest BCUT2D eigenvalue weighted by atomic mass is 10.1. The Balaban J connectivity index is 1.51. The van der Waals surface area contributed by atoms with Crippen LogP contribution in [-0.2, 0) is 13.7 Å². The van der Waals surface area contributed by atoms with Gasteiger partial charge in [0.25, 0.3) is 5.91 Å². The third-order valence-electron chi connectivity index (χ3n) is 5.21. The maximum Gasteiger partial charge on any atom is 0.280 e. The number of benzene rings is 1. The number of anilines is 1. The molecule has 0 aliphatic rings. The van der Waals surface area contributed by atoms with E-state index >= 15 is 0 Å². The van der Waals surface area contributed by atoms with Crippen LogP contribution in [0.5, 0.6) is 5.75 Å². The lowest BCUT2D eigenvalue weighted by Crippen LogP contribution is -2.15. The molecular formula is C22H23N5O3S. The molecule has 9 heteroatoms. The van der Waals surface area contributed by atoms with Crippen molar-refractivity contribution in [3.8, 4) is 17.0 Å². The average Bonchev–Trinajstić information content (AvgIpc) is 3.42. The molecule has 8 nitrogen and oxygen atoms in total. The molecule has 0 atom stereocenters. The van der Waals surface area contributed by atoms with Crippen molar-refractivity contribution in [1.82, 2.24) is 19.9 Å². The van der Waals surface area contributed by atoms with Crippen LogP contribution in [0.4, 0.5) is 5.13 Å². The maximum absolute atomic E-state index is 12.9. The van der Waals surface area contributed by atoms with Gasteiger partial charge in [-0.25, -0.2) is 4.98 Å². The molecular weight excluding hydrogens is 414 g/mol. The molecule has 31 heavy (non-hydrogen) atoms. The van der Waals surface area contributed by atoms with Crippen LogP contribution in [-0.4, -0.2) is 25.8 Å². The van der Waals surface area contributed by atoms with Crippen molar-refractivity contribution in [2.45, 2.75) is 34.3 Å². The normalized spacial score (nSPS) is 11.0. The number of aromatic nitrogens is 4. The van der Waals surface area contributed by atoms with Crippen LogP contribution in [0.15, 0.2) is 34.3 Å². The standard InChI is InChI=1S/C22H23N5O3S/c1-12-7-6-8-13(2)20(12)29-10-17-15(4)30-26-19(17)21(28)25-22-24-18(11-31-22)16-9-23-27(5)14(16)3/h6-9,11H,10H2,1-5H3,(H,24,25,28). The van der Waals surface area contributed by atoms with Gasteiger partial charge in [-0.1, -0.05) is 23.4 Å². The van der Waals surface area contributed by atoms with E-state index in [9.17, 15) is 4.79 Å². The topological polar surface area (TPSA) is 95.1 Å². The number of nitrogens with one attached hydrogen (secondary N) is 1. The molecule has 0 spiro atoms. The number of rotatable bonds is 6. The first-order chi connectivity index (χ1) is 14.8. The van der Waals surface area contributed by atoms with Gasteiger partial charge >= 0.3 is 0 Å². The van der Waals surface area contributed by atoms with Gasteiger partial charge < -0.3 is 9.26 Å². The summed E-state index contributed by atoms with van der Waals surface area (Å²) in [5.41, 5.74) is 5.56. The van der Waals surface area contributed by atoms with E-state index in [0.29, 0.717) is 16.5 Å². The number of amides is 1. The van der Waals surface area contributed by atoms with Crippen LogP contribution in [0.1, 0.15) is 38.6 Å². The zero-order chi connectivity index (χ0) is 22.1. The van der Waals surface area contributed by atoms with E-state index in [2.05, 4.69) is 20.6 Å². The van der Waals surface area contributed by atoms with E-state index in [-0.39, 0.29) is 18.2 Å². The van der Waals surface area contributed by atoms with Gasteiger partial charge in [0, 0.05) is 23.7 Å². The van der Waals surface area contributed by atoms with Gasteiger partial charge in [-0.2, -0.15) is 5.10 Å². The predicted octanol–water partition coefficient (Wildman–Crippen LogP) is 4.60. The lowest BCUT2D eigenvalue weighted by molar-refractivity contribution is 0.101. The number of thiazole rings is 1. The number of ether oxygens (including phenoxy) is 1. The van der Waals surface area contributed by atoms with Gasteiger partial charge in [0.2, 0.25) is 0 Å². The quantitative estimate of drug-likeness (QED) is 0.474. The SMILES string of the molecule is Cc1cccc(C)c1OCc1c(C(=O)Nc2nc(-c3cnn(C)c3C)cs2)noc1C. The highest BCUT2D eigenvalue weighted by Gasteiger charge is 2.22. The van der Waals surface area contributed by atoms with E-state index in [1.165, 1.54) is 11.3 Å². The fraction of sp³-hybridized carbons (Fsp3) is 0.273. The Hall–Kier alpha value is -3.46. The first-order valence-corrected chi connectivity index (χ1v) is 10.6. The molecule has 4 rings (SSSR count). The highest BCUT2D eigenvalue weighted by Crippen LogP contribution is 2.28. The number of hydrogen-bond acceptors (Lipinski definition) is 7. The number of nitrogens with zero attached hydrogens (tertiary/aromatic N) is 4. The zero-order valence-corrected chi connectivity index (χ0v) is 18.8. The molecule has 0 aliphatic heterocycles. The summed E-state index contributed by atoms with van der Waals surface area (Å²) < 4.78 is 13.1. The molecule has 160 valence electrons. The fourth-order valence-corrected chi connectivity index (χ4v) is 3.98. The molecule has 3 heterocycles. The minimum absolute atomic E-state index is 0.182. The van der Waals surface area contributed by atoms with Crippen LogP contribution in [0.2, 0.25) is 0 Å². The Morgan fingerprint density at radius 2 is 1.97 bits per heavy atom. The molecule has 1 aromatic carbocycles. The van der Waals surface area contributed by atoms with Crippen LogP contribution in [0.25, 0.3) is 11.3 Å². The summed E-state index contributed by atoms with van der Waals surface area (Å²) >= 11 is 1.34.